The zero-order chi connectivity index (χ0) is 15.0. The molecular formula is C16H26N2O. The first-order valence-corrected chi connectivity index (χ1v) is 6.58. The molecule has 0 bridgehead atoms. The minimum atomic E-state index is -0.123. The largest absolute Gasteiger partial charge is 0.496 e. The summed E-state index contributed by atoms with van der Waals surface area (Å²) in [7, 11) is 1.64. The number of nitrogen functional groups attached to an aromatic ring is 2. The molecule has 1 rings (SSSR count). The summed E-state index contributed by atoms with van der Waals surface area (Å²) in [6, 6.07) is 0. The average Bonchev–Trinajstić information content (AvgIpc) is 2.25. The number of nitrogens with two attached hydrogens (primary N) is 2. The molecule has 0 aromatic heterocycles. The molecule has 1 aromatic rings. The molecule has 0 spiro atoms. The van der Waals surface area contributed by atoms with Gasteiger partial charge in [-0.3, -0.25) is 0 Å². The maximum atomic E-state index is 6.38. The second-order valence-corrected chi connectivity index (χ2v) is 6.17. The zero-order valence-corrected chi connectivity index (χ0v) is 12.9. The van der Waals surface area contributed by atoms with Crippen LogP contribution in [-0.2, 0) is 5.41 Å². The number of methoxy groups -OCH3 is 1. The van der Waals surface area contributed by atoms with Crippen LogP contribution in [-0.4, -0.2) is 7.11 Å². The van der Waals surface area contributed by atoms with Crippen molar-refractivity contribution in [2.75, 3.05) is 18.6 Å². The summed E-state index contributed by atoms with van der Waals surface area (Å²) >= 11 is 0. The van der Waals surface area contributed by atoms with Crippen molar-refractivity contribution < 1.29 is 4.74 Å². The fraction of sp³-hybridized carbons (Fsp3) is 0.500. The quantitative estimate of drug-likeness (QED) is 0.811. The Morgan fingerprint density at radius 3 is 2.00 bits per heavy atom. The third kappa shape index (κ3) is 2.55. The number of benzene rings is 1. The predicted molar refractivity (Wildman–Crippen MR) is 84.7 cm³/mol. The summed E-state index contributed by atoms with van der Waals surface area (Å²) in [5, 5.41) is 0. The molecule has 1 aromatic carbocycles. The number of anilines is 2. The molecule has 0 atom stereocenters. The van der Waals surface area contributed by atoms with Crippen molar-refractivity contribution in [3.05, 3.63) is 23.3 Å². The van der Waals surface area contributed by atoms with E-state index in [2.05, 4.69) is 41.2 Å². The van der Waals surface area contributed by atoms with Gasteiger partial charge in [-0.1, -0.05) is 47.3 Å². The highest BCUT2D eigenvalue weighted by atomic mass is 16.5. The smallest absolute Gasteiger partial charge is 0.133 e. The fourth-order valence-electron chi connectivity index (χ4n) is 2.61. The van der Waals surface area contributed by atoms with Crippen molar-refractivity contribution in [2.24, 2.45) is 0 Å². The minimum absolute atomic E-state index is 0.123. The number of hydrogen-bond acceptors (Lipinski definition) is 3. The second-order valence-electron chi connectivity index (χ2n) is 6.17. The third-order valence-corrected chi connectivity index (χ3v) is 3.34. The Morgan fingerprint density at radius 2 is 1.68 bits per heavy atom. The van der Waals surface area contributed by atoms with Crippen LogP contribution in [0.5, 0.6) is 5.75 Å². The molecule has 0 amide bonds. The lowest BCUT2D eigenvalue weighted by atomic mass is 9.79. The van der Waals surface area contributed by atoms with Crippen molar-refractivity contribution in [1.29, 1.82) is 0 Å². The molecule has 0 saturated carbocycles. The zero-order valence-electron chi connectivity index (χ0n) is 12.9. The van der Waals surface area contributed by atoms with E-state index in [-0.39, 0.29) is 11.3 Å². The van der Waals surface area contributed by atoms with E-state index in [1.54, 1.807) is 13.2 Å². The molecule has 0 unspecified atom stereocenters. The van der Waals surface area contributed by atoms with Crippen LogP contribution in [0.25, 0.3) is 6.08 Å². The molecule has 0 heterocycles. The molecule has 0 aliphatic rings. The van der Waals surface area contributed by atoms with Crippen LogP contribution in [0.4, 0.5) is 11.4 Å². The molecule has 106 valence electrons. The molecule has 3 heteroatoms. The van der Waals surface area contributed by atoms with Crippen molar-refractivity contribution in [1.82, 2.24) is 0 Å². The van der Waals surface area contributed by atoms with Crippen LogP contribution in [0.3, 0.4) is 0 Å². The standard InChI is InChI=1S/C16H26N2O/c1-8-10-13(17)12(16(4,5)6)14(18)11(9(2)3)15(10)19-7/h8-9H,1,17-18H2,2-7H3. The van der Waals surface area contributed by atoms with Gasteiger partial charge >= 0.3 is 0 Å². The van der Waals surface area contributed by atoms with E-state index in [4.69, 9.17) is 16.2 Å². The van der Waals surface area contributed by atoms with Crippen LogP contribution < -0.4 is 16.2 Å². The summed E-state index contributed by atoms with van der Waals surface area (Å²) in [6.07, 6.45) is 1.74. The molecule has 3 nitrogen and oxygen atoms in total. The Morgan fingerprint density at radius 1 is 1.16 bits per heavy atom. The first kappa shape index (κ1) is 15.4. The van der Waals surface area contributed by atoms with E-state index in [1.807, 2.05) is 0 Å². The van der Waals surface area contributed by atoms with Gasteiger partial charge in [-0.25, -0.2) is 0 Å². The van der Waals surface area contributed by atoms with Crippen LogP contribution in [0.2, 0.25) is 0 Å². The highest BCUT2D eigenvalue weighted by Crippen LogP contribution is 2.46. The highest BCUT2D eigenvalue weighted by molar-refractivity contribution is 5.83. The summed E-state index contributed by atoms with van der Waals surface area (Å²) in [5.41, 5.74) is 16.8. The third-order valence-electron chi connectivity index (χ3n) is 3.34. The van der Waals surface area contributed by atoms with Crippen molar-refractivity contribution in [3.63, 3.8) is 0 Å². The second kappa shape index (κ2) is 5.16. The molecule has 0 fully saturated rings. The summed E-state index contributed by atoms with van der Waals surface area (Å²) in [4.78, 5) is 0. The summed E-state index contributed by atoms with van der Waals surface area (Å²) in [6.45, 7) is 14.4. The van der Waals surface area contributed by atoms with Gasteiger partial charge in [-0.2, -0.15) is 0 Å². The number of hydrogen-bond donors (Lipinski definition) is 2. The van der Waals surface area contributed by atoms with Gasteiger partial charge in [0.1, 0.15) is 5.75 Å². The highest BCUT2D eigenvalue weighted by Gasteiger charge is 2.28. The first-order valence-electron chi connectivity index (χ1n) is 6.58. The van der Waals surface area contributed by atoms with Crippen molar-refractivity contribution in [3.8, 4) is 5.75 Å². The van der Waals surface area contributed by atoms with Crippen molar-refractivity contribution in [2.45, 2.75) is 46.0 Å². The van der Waals surface area contributed by atoms with Crippen LogP contribution in [0.15, 0.2) is 6.58 Å². The SMILES string of the molecule is C=Cc1c(N)c(C(C)(C)C)c(N)c(C(C)C)c1OC. The van der Waals surface area contributed by atoms with Gasteiger partial charge in [0, 0.05) is 28.1 Å². The van der Waals surface area contributed by atoms with Gasteiger partial charge in [0.2, 0.25) is 0 Å². The van der Waals surface area contributed by atoms with Gasteiger partial charge < -0.3 is 16.2 Å². The maximum Gasteiger partial charge on any atom is 0.133 e. The molecule has 0 aliphatic heterocycles. The van der Waals surface area contributed by atoms with Gasteiger partial charge in [0.25, 0.3) is 0 Å². The molecule has 0 saturated heterocycles. The maximum absolute atomic E-state index is 6.38. The average molecular weight is 262 g/mol. The topological polar surface area (TPSA) is 61.3 Å². The lowest BCUT2D eigenvalue weighted by Gasteiger charge is -2.29. The Kier molecular flexibility index (Phi) is 4.18. The lowest BCUT2D eigenvalue weighted by molar-refractivity contribution is 0.406. The minimum Gasteiger partial charge on any atom is -0.496 e. The molecule has 19 heavy (non-hydrogen) atoms. The van der Waals surface area contributed by atoms with Crippen molar-refractivity contribution >= 4 is 17.5 Å². The van der Waals surface area contributed by atoms with Gasteiger partial charge in [-0.05, 0) is 11.3 Å². The predicted octanol–water partition coefficient (Wildman–Crippen LogP) is 3.92. The van der Waals surface area contributed by atoms with E-state index in [9.17, 15) is 0 Å². The monoisotopic (exact) mass is 262 g/mol. The van der Waals surface area contributed by atoms with E-state index in [0.717, 1.165) is 28.1 Å². The van der Waals surface area contributed by atoms with E-state index in [1.165, 1.54) is 0 Å². The Balaban J connectivity index is 3.89. The van der Waals surface area contributed by atoms with Crippen LogP contribution in [0.1, 0.15) is 57.2 Å². The van der Waals surface area contributed by atoms with Gasteiger partial charge in [-0.15, -0.1) is 0 Å². The summed E-state index contributed by atoms with van der Waals surface area (Å²) < 4.78 is 5.53. The van der Waals surface area contributed by atoms with E-state index < -0.39 is 0 Å². The van der Waals surface area contributed by atoms with E-state index >= 15 is 0 Å². The molecule has 4 N–H and O–H groups in total. The Hall–Kier alpha value is -1.64. The molecule has 0 radical (unpaired) electrons. The van der Waals surface area contributed by atoms with Crippen LogP contribution in [0, 0.1) is 0 Å². The lowest BCUT2D eigenvalue weighted by Crippen LogP contribution is -2.20. The number of rotatable bonds is 3. The van der Waals surface area contributed by atoms with Gasteiger partial charge in [0.15, 0.2) is 0 Å². The molecule has 0 aliphatic carbocycles. The number of ether oxygens (including phenoxy) is 1. The Bertz CT molecular complexity index is 497. The van der Waals surface area contributed by atoms with Crippen LogP contribution >= 0.6 is 0 Å². The first-order chi connectivity index (χ1) is 8.66. The normalized spacial score (nSPS) is 11.7. The summed E-state index contributed by atoms with van der Waals surface area (Å²) in [5.74, 6) is 1.00. The fourth-order valence-corrected chi connectivity index (χ4v) is 2.61. The Labute approximate surface area is 116 Å². The van der Waals surface area contributed by atoms with Gasteiger partial charge in [0.05, 0.1) is 7.11 Å². The molecular weight excluding hydrogens is 236 g/mol. The van der Waals surface area contributed by atoms with E-state index in [0.29, 0.717) is 5.69 Å².